The number of pyridine rings is 1. The first kappa shape index (κ1) is 18.0. The van der Waals surface area contributed by atoms with Gasteiger partial charge in [-0.15, -0.1) is 0 Å². The predicted octanol–water partition coefficient (Wildman–Crippen LogP) is 0.123. The number of primary amides is 1. The van der Waals surface area contributed by atoms with Gasteiger partial charge in [0.2, 0.25) is 0 Å². The number of amides is 2. The molecule has 3 N–H and O–H groups in total. The van der Waals surface area contributed by atoms with Crippen LogP contribution in [0.1, 0.15) is 20.7 Å². The molecule has 138 valence electrons. The number of fused-ring (bicyclic) bond motifs is 1. The molecular weight excluding hydrogens is 357 g/mol. The number of anilines is 1. The third kappa shape index (κ3) is 3.08. The molecule has 0 spiro atoms. The van der Waals surface area contributed by atoms with Crippen LogP contribution in [0, 0.1) is 5.82 Å². The summed E-state index contributed by atoms with van der Waals surface area (Å²) in [6.45, 7) is 0. The van der Waals surface area contributed by atoms with E-state index in [1.165, 1.54) is 37.0 Å². The predicted molar refractivity (Wildman–Crippen MR) is 95.1 cm³/mol. The minimum atomic E-state index is -0.972. The van der Waals surface area contributed by atoms with E-state index in [1.807, 2.05) is 0 Å². The maximum atomic E-state index is 13.5. The van der Waals surface area contributed by atoms with Gasteiger partial charge in [0.15, 0.2) is 0 Å². The van der Waals surface area contributed by atoms with E-state index in [4.69, 9.17) is 5.73 Å². The fourth-order valence-corrected chi connectivity index (χ4v) is 2.58. The number of nitrogens with two attached hydrogens (primary N) is 1. The SMILES string of the molecule is Cn1c(=O)c2cc(C(=O)Nc3ccc(F)c(C(N)=O)c3)cnc2n(C)c1=O. The minimum Gasteiger partial charge on any atom is -0.366 e. The van der Waals surface area contributed by atoms with Crippen LogP contribution in [0.2, 0.25) is 0 Å². The number of hydrogen-bond donors (Lipinski definition) is 2. The molecule has 0 aliphatic rings. The summed E-state index contributed by atoms with van der Waals surface area (Å²) < 4.78 is 15.6. The van der Waals surface area contributed by atoms with E-state index in [0.29, 0.717) is 0 Å². The van der Waals surface area contributed by atoms with E-state index in [9.17, 15) is 23.6 Å². The Bertz CT molecular complexity index is 1230. The van der Waals surface area contributed by atoms with Crippen molar-refractivity contribution in [2.45, 2.75) is 0 Å². The van der Waals surface area contributed by atoms with E-state index >= 15 is 0 Å². The molecule has 3 aromatic rings. The fourth-order valence-electron chi connectivity index (χ4n) is 2.58. The first-order valence-electron chi connectivity index (χ1n) is 7.67. The van der Waals surface area contributed by atoms with Crippen LogP contribution in [-0.4, -0.2) is 25.9 Å². The lowest BCUT2D eigenvalue weighted by atomic mass is 10.1. The average molecular weight is 371 g/mol. The van der Waals surface area contributed by atoms with Gasteiger partial charge in [-0.2, -0.15) is 0 Å². The van der Waals surface area contributed by atoms with Gasteiger partial charge >= 0.3 is 5.69 Å². The summed E-state index contributed by atoms with van der Waals surface area (Å²) >= 11 is 0. The topological polar surface area (TPSA) is 129 Å². The van der Waals surface area contributed by atoms with Crippen molar-refractivity contribution in [2.24, 2.45) is 19.8 Å². The third-order valence-corrected chi connectivity index (χ3v) is 4.05. The molecule has 0 aliphatic heterocycles. The van der Waals surface area contributed by atoms with Crippen molar-refractivity contribution in [1.82, 2.24) is 14.1 Å². The molecule has 2 amide bonds. The van der Waals surface area contributed by atoms with Gasteiger partial charge in [0.1, 0.15) is 11.5 Å². The van der Waals surface area contributed by atoms with Crippen molar-refractivity contribution in [3.8, 4) is 0 Å². The zero-order valence-corrected chi connectivity index (χ0v) is 14.3. The first-order valence-corrected chi connectivity index (χ1v) is 7.67. The number of aromatic nitrogens is 3. The number of nitrogens with zero attached hydrogens (tertiary/aromatic N) is 3. The molecule has 0 saturated heterocycles. The number of benzene rings is 1. The van der Waals surface area contributed by atoms with Gasteiger partial charge in [-0.25, -0.2) is 14.2 Å². The largest absolute Gasteiger partial charge is 0.366 e. The van der Waals surface area contributed by atoms with Crippen LogP contribution in [0.15, 0.2) is 40.1 Å². The van der Waals surface area contributed by atoms with E-state index < -0.39 is 28.9 Å². The van der Waals surface area contributed by atoms with Crippen LogP contribution in [0.3, 0.4) is 0 Å². The van der Waals surface area contributed by atoms with Gasteiger partial charge in [0.25, 0.3) is 17.4 Å². The third-order valence-electron chi connectivity index (χ3n) is 4.05. The molecule has 2 aromatic heterocycles. The van der Waals surface area contributed by atoms with Gasteiger partial charge in [0.05, 0.1) is 16.5 Å². The van der Waals surface area contributed by atoms with Crippen LogP contribution in [0.5, 0.6) is 0 Å². The summed E-state index contributed by atoms with van der Waals surface area (Å²) in [6.07, 6.45) is 1.20. The van der Waals surface area contributed by atoms with Crippen molar-refractivity contribution < 1.29 is 14.0 Å². The maximum Gasteiger partial charge on any atom is 0.332 e. The Hall–Kier alpha value is -3.82. The number of hydrogen-bond acceptors (Lipinski definition) is 5. The Morgan fingerprint density at radius 2 is 1.85 bits per heavy atom. The molecule has 2 heterocycles. The van der Waals surface area contributed by atoms with Crippen LogP contribution >= 0.6 is 0 Å². The second-order valence-electron chi connectivity index (χ2n) is 5.81. The average Bonchev–Trinajstić information content (AvgIpc) is 2.65. The number of carbonyl (C=O) groups is 2. The van der Waals surface area contributed by atoms with Gasteiger partial charge in [0, 0.05) is 26.0 Å². The lowest BCUT2D eigenvalue weighted by Gasteiger charge is -2.09. The molecular formula is C17H14FN5O4. The van der Waals surface area contributed by atoms with E-state index in [0.717, 1.165) is 16.7 Å². The number of aryl methyl sites for hydroxylation is 1. The summed E-state index contributed by atoms with van der Waals surface area (Å²) in [5.41, 5.74) is 3.91. The van der Waals surface area contributed by atoms with Crippen molar-refractivity contribution in [3.63, 3.8) is 0 Å². The van der Waals surface area contributed by atoms with Gasteiger partial charge in [-0.1, -0.05) is 0 Å². The number of rotatable bonds is 3. The van der Waals surface area contributed by atoms with Crippen LogP contribution in [0.4, 0.5) is 10.1 Å². The van der Waals surface area contributed by atoms with Crippen molar-refractivity contribution in [3.05, 3.63) is 68.2 Å². The Morgan fingerprint density at radius 1 is 1.15 bits per heavy atom. The van der Waals surface area contributed by atoms with Gasteiger partial charge in [-0.05, 0) is 24.3 Å². The molecule has 0 radical (unpaired) electrons. The van der Waals surface area contributed by atoms with E-state index in [1.54, 1.807) is 0 Å². The molecule has 0 saturated carbocycles. The molecule has 0 fully saturated rings. The van der Waals surface area contributed by atoms with Crippen LogP contribution < -0.4 is 22.3 Å². The second kappa shape index (κ2) is 6.48. The van der Waals surface area contributed by atoms with Gasteiger partial charge < -0.3 is 11.1 Å². The van der Waals surface area contributed by atoms with Crippen molar-refractivity contribution in [2.75, 3.05) is 5.32 Å². The molecule has 0 aliphatic carbocycles. The van der Waals surface area contributed by atoms with Crippen molar-refractivity contribution in [1.29, 1.82) is 0 Å². The monoisotopic (exact) mass is 371 g/mol. The van der Waals surface area contributed by atoms with Gasteiger partial charge in [-0.3, -0.25) is 23.5 Å². The smallest absolute Gasteiger partial charge is 0.332 e. The highest BCUT2D eigenvalue weighted by Gasteiger charge is 2.15. The number of nitrogens with one attached hydrogen (secondary N) is 1. The van der Waals surface area contributed by atoms with Crippen molar-refractivity contribution >= 4 is 28.5 Å². The Labute approximate surface area is 150 Å². The zero-order valence-electron chi connectivity index (χ0n) is 14.3. The summed E-state index contributed by atoms with van der Waals surface area (Å²) in [7, 11) is 2.78. The molecule has 0 atom stereocenters. The number of halogens is 1. The summed E-state index contributed by atoms with van der Waals surface area (Å²) in [4.78, 5) is 51.8. The fraction of sp³-hybridized carbons (Fsp3) is 0.118. The minimum absolute atomic E-state index is 0.0446. The summed E-state index contributed by atoms with van der Waals surface area (Å²) in [5.74, 6) is -2.42. The molecule has 9 nitrogen and oxygen atoms in total. The normalized spacial score (nSPS) is 10.8. The highest BCUT2D eigenvalue weighted by Crippen LogP contribution is 2.16. The lowest BCUT2D eigenvalue weighted by molar-refractivity contribution is 0.0992. The summed E-state index contributed by atoms with van der Waals surface area (Å²) in [6, 6.07) is 4.67. The standard InChI is InChI=1S/C17H14FN5O4/c1-22-14-11(16(26)23(2)17(22)27)5-8(7-20-14)15(25)21-9-3-4-12(18)10(6-9)13(19)24/h3-7H,1-2H3,(H2,19,24)(H,21,25). The Morgan fingerprint density at radius 3 is 2.52 bits per heavy atom. The number of carbonyl (C=O) groups excluding carboxylic acids is 2. The highest BCUT2D eigenvalue weighted by molar-refractivity contribution is 6.06. The first-order chi connectivity index (χ1) is 12.7. The van der Waals surface area contributed by atoms with Crippen LogP contribution in [0.25, 0.3) is 11.0 Å². The Kier molecular flexibility index (Phi) is 4.32. The Balaban J connectivity index is 2.02. The lowest BCUT2D eigenvalue weighted by Crippen LogP contribution is -2.37. The zero-order chi connectivity index (χ0) is 19.9. The maximum absolute atomic E-state index is 13.5. The molecule has 27 heavy (non-hydrogen) atoms. The van der Waals surface area contributed by atoms with Crippen LogP contribution in [-0.2, 0) is 14.1 Å². The highest BCUT2D eigenvalue weighted by atomic mass is 19.1. The molecule has 10 heteroatoms. The van der Waals surface area contributed by atoms with E-state index in [-0.39, 0.29) is 27.8 Å². The summed E-state index contributed by atoms with van der Waals surface area (Å²) in [5, 5.41) is 2.56. The molecule has 0 unspecified atom stereocenters. The molecule has 3 rings (SSSR count). The molecule has 0 bridgehead atoms. The molecule has 1 aromatic carbocycles. The second-order valence-corrected chi connectivity index (χ2v) is 5.81. The quantitative estimate of drug-likeness (QED) is 0.676. The van der Waals surface area contributed by atoms with E-state index in [2.05, 4.69) is 10.3 Å².